The average molecular weight is 262 g/mol. The third-order valence-corrected chi connectivity index (χ3v) is 2.92. The second-order valence-electron chi connectivity index (χ2n) is 4.16. The minimum absolute atomic E-state index is 0.116. The van der Waals surface area contributed by atoms with Crippen molar-refractivity contribution in [3.8, 4) is 12.3 Å². The largest absolute Gasteiger partial charge is 0.491 e. The number of carbonyl (C=O) groups excluding carboxylic acids is 1. The molecule has 1 aromatic rings. The zero-order chi connectivity index (χ0) is 14.0. The van der Waals surface area contributed by atoms with Crippen LogP contribution < -0.4 is 5.46 Å². The summed E-state index contributed by atoms with van der Waals surface area (Å²) in [6.45, 7) is 1.87. The summed E-state index contributed by atoms with van der Waals surface area (Å²) < 4.78 is 23.7. The molecular formula is C13H12BFO4. The molecule has 4 nitrogen and oxygen atoms in total. The Labute approximate surface area is 110 Å². The lowest BCUT2D eigenvalue weighted by molar-refractivity contribution is 0.0400. The van der Waals surface area contributed by atoms with Crippen molar-refractivity contribution in [2.45, 2.75) is 26.1 Å². The molecule has 1 aliphatic heterocycles. The molecule has 1 heterocycles. The topological polar surface area (TPSA) is 55.8 Å². The van der Waals surface area contributed by atoms with E-state index >= 15 is 0 Å². The molecule has 0 aromatic heterocycles. The fourth-order valence-electron chi connectivity index (χ4n) is 1.83. The first-order valence-electron chi connectivity index (χ1n) is 5.86. The molecule has 1 aromatic carbocycles. The van der Waals surface area contributed by atoms with E-state index in [4.69, 9.17) is 15.8 Å². The number of hydrogen-bond donors (Lipinski definition) is 1. The van der Waals surface area contributed by atoms with Gasteiger partial charge >= 0.3 is 13.1 Å². The maximum absolute atomic E-state index is 13.8. The highest BCUT2D eigenvalue weighted by Crippen LogP contribution is 2.16. The van der Waals surface area contributed by atoms with Gasteiger partial charge in [-0.05, 0) is 29.6 Å². The number of carbonyl (C=O) groups is 1. The molecule has 0 saturated carbocycles. The van der Waals surface area contributed by atoms with Gasteiger partial charge in [0.2, 0.25) is 0 Å². The van der Waals surface area contributed by atoms with Crippen LogP contribution in [0.4, 0.5) is 4.39 Å². The summed E-state index contributed by atoms with van der Waals surface area (Å²) in [5.41, 5.74) is 0.643. The van der Waals surface area contributed by atoms with Gasteiger partial charge in [0, 0.05) is 0 Å². The maximum Gasteiger partial charge on any atom is 0.491 e. The standard InChI is InChI=1S/C13H12BFO4/c1-3-9(4-2)19-13(16)10-6-11-8(5-12(10)15)7-18-14(11)17/h1,5-6,9,17H,4,7H2,2H3. The quantitative estimate of drug-likeness (QED) is 0.492. The molecule has 2 rings (SSSR count). The molecule has 1 unspecified atom stereocenters. The number of rotatable bonds is 3. The first-order chi connectivity index (χ1) is 9.06. The van der Waals surface area contributed by atoms with Gasteiger partial charge < -0.3 is 14.4 Å². The third-order valence-electron chi connectivity index (χ3n) is 2.92. The van der Waals surface area contributed by atoms with Gasteiger partial charge in [0.25, 0.3) is 0 Å². The lowest BCUT2D eigenvalue weighted by atomic mass is 9.78. The zero-order valence-electron chi connectivity index (χ0n) is 10.4. The van der Waals surface area contributed by atoms with E-state index in [1.807, 2.05) is 0 Å². The fraction of sp³-hybridized carbons (Fsp3) is 0.308. The van der Waals surface area contributed by atoms with E-state index in [1.54, 1.807) is 6.92 Å². The number of ether oxygens (including phenoxy) is 1. The number of hydrogen-bond acceptors (Lipinski definition) is 4. The van der Waals surface area contributed by atoms with Crippen molar-refractivity contribution in [1.29, 1.82) is 0 Å². The lowest BCUT2D eigenvalue weighted by Gasteiger charge is -2.11. The predicted molar refractivity (Wildman–Crippen MR) is 67.1 cm³/mol. The molecule has 0 fully saturated rings. The lowest BCUT2D eigenvalue weighted by Crippen LogP contribution is -2.29. The van der Waals surface area contributed by atoms with Crippen LogP contribution in [0.15, 0.2) is 12.1 Å². The van der Waals surface area contributed by atoms with Crippen molar-refractivity contribution < 1.29 is 23.6 Å². The van der Waals surface area contributed by atoms with E-state index in [9.17, 15) is 14.2 Å². The first kappa shape index (κ1) is 13.6. The Hall–Kier alpha value is -1.84. The molecule has 19 heavy (non-hydrogen) atoms. The van der Waals surface area contributed by atoms with Gasteiger partial charge in [-0.25, -0.2) is 9.18 Å². The molecule has 1 aliphatic rings. The summed E-state index contributed by atoms with van der Waals surface area (Å²) in [7, 11) is -1.14. The molecule has 98 valence electrons. The van der Waals surface area contributed by atoms with Crippen LogP contribution in [-0.2, 0) is 16.0 Å². The Morgan fingerprint density at radius 1 is 1.74 bits per heavy atom. The maximum atomic E-state index is 13.8. The Bertz CT molecular complexity index is 552. The van der Waals surface area contributed by atoms with Crippen LogP contribution in [0.1, 0.15) is 29.3 Å². The van der Waals surface area contributed by atoms with Gasteiger partial charge in [0.05, 0.1) is 12.2 Å². The second-order valence-corrected chi connectivity index (χ2v) is 4.16. The zero-order valence-corrected chi connectivity index (χ0v) is 10.4. The SMILES string of the molecule is C#CC(CC)OC(=O)c1cc2c(cc1F)COB2O. The average Bonchev–Trinajstić information content (AvgIpc) is 2.75. The van der Waals surface area contributed by atoms with E-state index in [0.717, 1.165) is 0 Å². The Morgan fingerprint density at radius 2 is 2.47 bits per heavy atom. The molecule has 0 bridgehead atoms. The highest BCUT2D eigenvalue weighted by Gasteiger charge is 2.30. The van der Waals surface area contributed by atoms with Crippen LogP contribution in [0.3, 0.4) is 0 Å². The highest BCUT2D eigenvalue weighted by molar-refractivity contribution is 6.61. The number of halogens is 1. The van der Waals surface area contributed by atoms with Gasteiger partial charge in [0.15, 0.2) is 6.10 Å². The third kappa shape index (κ3) is 2.62. The number of esters is 1. The fourth-order valence-corrected chi connectivity index (χ4v) is 1.83. The van der Waals surface area contributed by atoms with Crippen molar-refractivity contribution in [2.24, 2.45) is 0 Å². The summed E-state index contributed by atoms with van der Waals surface area (Å²) in [5.74, 6) is 0.736. The summed E-state index contributed by atoms with van der Waals surface area (Å²) >= 11 is 0. The van der Waals surface area contributed by atoms with E-state index in [0.29, 0.717) is 17.4 Å². The van der Waals surface area contributed by atoms with E-state index in [2.05, 4.69) is 5.92 Å². The molecule has 1 atom stereocenters. The van der Waals surface area contributed by atoms with E-state index in [-0.39, 0.29) is 12.2 Å². The van der Waals surface area contributed by atoms with Crippen molar-refractivity contribution in [3.05, 3.63) is 29.1 Å². The van der Waals surface area contributed by atoms with Gasteiger partial charge in [0.1, 0.15) is 5.82 Å². The molecule has 0 saturated heterocycles. The van der Waals surface area contributed by atoms with Crippen LogP contribution >= 0.6 is 0 Å². The van der Waals surface area contributed by atoms with E-state index < -0.39 is 25.0 Å². The Morgan fingerprint density at radius 3 is 3.11 bits per heavy atom. The van der Waals surface area contributed by atoms with Crippen molar-refractivity contribution in [1.82, 2.24) is 0 Å². The molecular weight excluding hydrogens is 250 g/mol. The van der Waals surface area contributed by atoms with Crippen molar-refractivity contribution >= 4 is 18.6 Å². The molecule has 0 aliphatic carbocycles. The van der Waals surface area contributed by atoms with Gasteiger partial charge in [-0.2, -0.15) is 0 Å². The van der Waals surface area contributed by atoms with E-state index in [1.165, 1.54) is 12.1 Å². The second kappa shape index (κ2) is 5.43. The normalized spacial score (nSPS) is 14.7. The number of benzene rings is 1. The molecule has 0 radical (unpaired) electrons. The molecule has 1 N–H and O–H groups in total. The van der Waals surface area contributed by atoms with Crippen LogP contribution in [0.2, 0.25) is 0 Å². The van der Waals surface area contributed by atoms with Crippen LogP contribution in [0.5, 0.6) is 0 Å². The highest BCUT2D eigenvalue weighted by atomic mass is 19.1. The van der Waals surface area contributed by atoms with Gasteiger partial charge in [-0.15, -0.1) is 6.42 Å². The number of fused-ring (bicyclic) bond motifs is 1. The van der Waals surface area contributed by atoms with Crippen molar-refractivity contribution in [3.63, 3.8) is 0 Å². The molecule has 6 heteroatoms. The monoisotopic (exact) mass is 262 g/mol. The van der Waals surface area contributed by atoms with Crippen molar-refractivity contribution in [2.75, 3.05) is 0 Å². The summed E-state index contributed by atoms with van der Waals surface area (Å²) in [6.07, 6.45) is 4.93. The van der Waals surface area contributed by atoms with Crippen LogP contribution in [0.25, 0.3) is 0 Å². The van der Waals surface area contributed by atoms with Crippen LogP contribution in [0, 0.1) is 18.2 Å². The summed E-state index contributed by atoms with van der Waals surface area (Å²) in [4.78, 5) is 11.8. The predicted octanol–water partition coefficient (Wildman–Crippen LogP) is 0.612. The van der Waals surface area contributed by atoms with Gasteiger partial charge in [-0.3, -0.25) is 0 Å². The minimum Gasteiger partial charge on any atom is -0.446 e. The molecule has 0 spiro atoms. The molecule has 0 amide bonds. The minimum atomic E-state index is -1.14. The smallest absolute Gasteiger partial charge is 0.446 e. The number of terminal acetylenes is 1. The Kier molecular flexibility index (Phi) is 3.88. The Balaban J connectivity index is 2.28. The first-order valence-corrected chi connectivity index (χ1v) is 5.86. The summed E-state index contributed by atoms with van der Waals surface area (Å²) in [6, 6.07) is 2.41. The van der Waals surface area contributed by atoms with Crippen LogP contribution in [-0.4, -0.2) is 24.2 Å². The van der Waals surface area contributed by atoms with Gasteiger partial charge in [-0.1, -0.05) is 12.8 Å². The summed E-state index contributed by atoms with van der Waals surface area (Å²) in [5, 5.41) is 9.52.